The Kier molecular flexibility index (Phi) is 5.93. The van der Waals surface area contributed by atoms with Crippen LogP contribution in [0.25, 0.3) is 0 Å². The van der Waals surface area contributed by atoms with E-state index in [2.05, 4.69) is 19.1 Å². The van der Waals surface area contributed by atoms with E-state index >= 15 is 0 Å². The zero-order valence-electron chi connectivity index (χ0n) is 7.38. The molecular formula is C9H9Cl3O2. The molecule has 2 nitrogen and oxygen atoms in total. The van der Waals surface area contributed by atoms with Crippen LogP contribution in [0, 0.1) is 6.92 Å². The van der Waals surface area contributed by atoms with E-state index in [0.29, 0.717) is 0 Å². The molecule has 0 fully saturated rings. The van der Waals surface area contributed by atoms with Crippen LogP contribution >= 0.6 is 34.8 Å². The zero-order chi connectivity index (χ0) is 11.2. The Morgan fingerprint density at radius 1 is 1.21 bits per heavy atom. The molecule has 0 aliphatic heterocycles. The Hall–Kier alpha value is -0.440. The molecular weight excluding hydrogens is 246 g/mol. The number of carboxylic acid groups (broad SMARTS) is 1. The summed E-state index contributed by atoms with van der Waals surface area (Å²) >= 11 is 14.4. The monoisotopic (exact) mass is 254 g/mol. The second-order valence-electron chi connectivity index (χ2n) is 2.46. The minimum Gasteiger partial charge on any atom is -0.478 e. The molecule has 1 aromatic rings. The van der Waals surface area contributed by atoms with Crippen molar-refractivity contribution in [1.82, 2.24) is 0 Å². The van der Waals surface area contributed by atoms with Gasteiger partial charge in [-0.15, -0.1) is 0 Å². The lowest BCUT2D eigenvalue weighted by Gasteiger charge is -1.99. The van der Waals surface area contributed by atoms with Crippen molar-refractivity contribution in [2.45, 2.75) is 10.7 Å². The molecule has 0 aliphatic rings. The molecule has 0 saturated carbocycles. The third kappa shape index (κ3) is 7.01. The van der Waals surface area contributed by atoms with Crippen LogP contribution < -0.4 is 0 Å². The molecule has 0 radical (unpaired) electrons. The molecule has 0 spiro atoms. The first-order valence-corrected chi connectivity index (χ1v) is 4.79. The molecule has 0 bridgehead atoms. The van der Waals surface area contributed by atoms with E-state index in [1.54, 1.807) is 0 Å². The molecule has 14 heavy (non-hydrogen) atoms. The summed E-state index contributed by atoms with van der Waals surface area (Å²) in [7, 11) is 0. The fourth-order valence-corrected chi connectivity index (χ4v) is 0.534. The molecule has 0 aliphatic carbocycles. The molecule has 1 rings (SSSR count). The first kappa shape index (κ1) is 13.6. The van der Waals surface area contributed by atoms with E-state index in [0.717, 1.165) is 0 Å². The van der Waals surface area contributed by atoms with E-state index in [-0.39, 0.29) is 0 Å². The SMILES string of the molecule is Cc1ccccc1.O=C(O)C(Cl)(Cl)Cl. The van der Waals surface area contributed by atoms with Gasteiger partial charge in [0.25, 0.3) is 3.79 Å². The molecule has 0 heterocycles. The van der Waals surface area contributed by atoms with Gasteiger partial charge in [0.2, 0.25) is 0 Å². The largest absolute Gasteiger partial charge is 0.478 e. The Balaban J connectivity index is 0.000000241. The zero-order valence-corrected chi connectivity index (χ0v) is 9.64. The highest BCUT2D eigenvalue weighted by Gasteiger charge is 2.29. The van der Waals surface area contributed by atoms with Crippen molar-refractivity contribution in [3.05, 3.63) is 35.9 Å². The van der Waals surface area contributed by atoms with Gasteiger partial charge in [-0.3, -0.25) is 0 Å². The number of aliphatic carboxylic acids is 1. The van der Waals surface area contributed by atoms with Crippen molar-refractivity contribution >= 4 is 40.8 Å². The van der Waals surface area contributed by atoms with Crippen LogP contribution in [0.5, 0.6) is 0 Å². The number of aryl methyl sites for hydroxylation is 1. The summed E-state index contributed by atoms with van der Waals surface area (Å²) in [5.41, 5.74) is 1.32. The molecule has 0 saturated heterocycles. The Labute approximate surface area is 97.4 Å². The lowest BCUT2D eigenvalue weighted by atomic mass is 10.2. The number of benzene rings is 1. The molecule has 0 atom stereocenters. The number of halogens is 3. The summed E-state index contributed by atoms with van der Waals surface area (Å²) in [5.74, 6) is -1.46. The average molecular weight is 256 g/mol. The van der Waals surface area contributed by atoms with Gasteiger partial charge in [-0.1, -0.05) is 70.7 Å². The van der Waals surface area contributed by atoms with Crippen LogP contribution in [0.3, 0.4) is 0 Å². The Morgan fingerprint density at radius 2 is 1.57 bits per heavy atom. The predicted molar refractivity (Wildman–Crippen MR) is 59.1 cm³/mol. The maximum absolute atomic E-state index is 9.62. The van der Waals surface area contributed by atoms with Gasteiger partial charge in [0.05, 0.1) is 0 Å². The first-order chi connectivity index (χ1) is 6.34. The fraction of sp³-hybridized carbons (Fsp3) is 0.222. The standard InChI is InChI=1S/C7H8.C2HCl3O2/c1-7-5-3-2-4-6-7;3-2(4,5)1(6)7/h2-6H,1H3;(H,6,7). The van der Waals surface area contributed by atoms with Gasteiger partial charge in [0.15, 0.2) is 0 Å². The van der Waals surface area contributed by atoms with E-state index in [1.165, 1.54) is 5.56 Å². The van der Waals surface area contributed by atoms with E-state index < -0.39 is 9.76 Å². The third-order valence-corrected chi connectivity index (χ3v) is 1.67. The maximum Gasteiger partial charge on any atom is 0.356 e. The summed E-state index contributed by atoms with van der Waals surface area (Å²) in [6.45, 7) is 2.08. The molecule has 0 amide bonds. The van der Waals surface area contributed by atoms with Crippen molar-refractivity contribution in [1.29, 1.82) is 0 Å². The topological polar surface area (TPSA) is 37.3 Å². The number of carbonyl (C=O) groups is 1. The summed E-state index contributed by atoms with van der Waals surface area (Å²) < 4.78 is -2.17. The highest BCUT2D eigenvalue weighted by Crippen LogP contribution is 2.25. The molecule has 1 N–H and O–H groups in total. The number of hydrogen-bond acceptors (Lipinski definition) is 1. The Morgan fingerprint density at radius 3 is 1.71 bits per heavy atom. The van der Waals surface area contributed by atoms with Crippen molar-refractivity contribution < 1.29 is 9.90 Å². The number of alkyl halides is 3. The highest BCUT2D eigenvalue weighted by molar-refractivity contribution is 6.75. The second kappa shape index (κ2) is 6.12. The fourth-order valence-electron chi connectivity index (χ4n) is 0.534. The summed E-state index contributed by atoms with van der Waals surface area (Å²) in [6, 6.07) is 10.3. The van der Waals surface area contributed by atoms with Crippen LogP contribution in [0.15, 0.2) is 30.3 Å². The van der Waals surface area contributed by atoms with Gasteiger partial charge in [-0.05, 0) is 6.92 Å². The van der Waals surface area contributed by atoms with Crippen molar-refractivity contribution in [3.63, 3.8) is 0 Å². The minimum absolute atomic E-state index is 1.32. The molecule has 0 unspecified atom stereocenters. The van der Waals surface area contributed by atoms with E-state index in [1.807, 2.05) is 18.2 Å². The van der Waals surface area contributed by atoms with Gasteiger partial charge in [-0.25, -0.2) is 4.79 Å². The smallest absolute Gasteiger partial charge is 0.356 e. The predicted octanol–water partition coefficient (Wildman–Crippen LogP) is 3.44. The number of carboxylic acids is 1. The van der Waals surface area contributed by atoms with Crippen LogP contribution in [-0.2, 0) is 4.79 Å². The summed E-state index contributed by atoms with van der Waals surface area (Å²) in [6.07, 6.45) is 0. The minimum atomic E-state index is -2.17. The van der Waals surface area contributed by atoms with Crippen LogP contribution in [0.1, 0.15) is 5.56 Å². The van der Waals surface area contributed by atoms with Gasteiger partial charge < -0.3 is 5.11 Å². The normalized spacial score (nSPS) is 10.0. The summed E-state index contributed by atoms with van der Waals surface area (Å²) in [5, 5.41) is 7.85. The van der Waals surface area contributed by atoms with Crippen molar-refractivity contribution in [2.24, 2.45) is 0 Å². The van der Waals surface area contributed by atoms with Gasteiger partial charge >= 0.3 is 5.97 Å². The van der Waals surface area contributed by atoms with E-state index in [9.17, 15) is 4.79 Å². The van der Waals surface area contributed by atoms with Crippen LogP contribution in [-0.4, -0.2) is 14.9 Å². The van der Waals surface area contributed by atoms with Crippen LogP contribution in [0.4, 0.5) is 0 Å². The lowest BCUT2D eigenvalue weighted by molar-refractivity contribution is -0.135. The van der Waals surface area contributed by atoms with Crippen LogP contribution in [0.2, 0.25) is 0 Å². The van der Waals surface area contributed by atoms with Gasteiger partial charge in [0.1, 0.15) is 0 Å². The molecule has 1 aromatic carbocycles. The number of rotatable bonds is 0. The van der Waals surface area contributed by atoms with Gasteiger partial charge in [-0.2, -0.15) is 0 Å². The second-order valence-corrected chi connectivity index (χ2v) is 4.74. The van der Waals surface area contributed by atoms with Crippen molar-refractivity contribution in [2.75, 3.05) is 0 Å². The molecule has 78 valence electrons. The van der Waals surface area contributed by atoms with Gasteiger partial charge in [0, 0.05) is 0 Å². The van der Waals surface area contributed by atoms with E-state index in [4.69, 9.17) is 39.9 Å². The Bertz CT molecular complexity index is 280. The summed E-state index contributed by atoms with van der Waals surface area (Å²) in [4.78, 5) is 9.62. The highest BCUT2D eigenvalue weighted by atomic mass is 35.6. The first-order valence-electron chi connectivity index (χ1n) is 3.66. The number of hydrogen-bond donors (Lipinski definition) is 1. The van der Waals surface area contributed by atoms with Crippen molar-refractivity contribution in [3.8, 4) is 0 Å². The average Bonchev–Trinajstić information content (AvgIpc) is 2.04. The molecule has 0 aromatic heterocycles. The third-order valence-electron chi connectivity index (χ3n) is 1.18. The quantitative estimate of drug-likeness (QED) is 0.721. The molecule has 5 heteroatoms. The maximum atomic E-state index is 9.62. The lowest BCUT2D eigenvalue weighted by Crippen LogP contribution is -2.16.